The van der Waals surface area contributed by atoms with Gasteiger partial charge in [-0.3, -0.25) is 4.79 Å². The highest BCUT2D eigenvalue weighted by Gasteiger charge is 2.15. The van der Waals surface area contributed by atoms with Crippen LogP contribution in [0.5, 0.6) is 0 Å². The highest BCUT2D eigenvalue weighted by molar-refractivity contribution is 5.97. The Balaban J connectivity index is 0.00000144. The standard InChI is InChI=1S/C14H19NO.ClH/c1-11-6-8-12(9-7-11)14(16)10-15-13-4-2-3-5-13;/h6-9,13,15H,2-5,10H2,1H3;1H. The van der Waals surface area contributed by atoms with Crippen molar-refractivity contribution in [2.75, 3.05) is 6.54 Å². The van der Waals surface area contributed by atoms with Gasteiger partial charge in [0, 0.05) is 11.6 Å². The zero-order valence-electron chi connectivity index (χ0n) is 10.2. The molecule has 0 aliphatic heterocycles. The molecule has 0 radical (unpaired) electrons. The van der Waals surface area contributed by atoms with Gasteiger partial charge >= 0.3 is 0 Å². The summed E-state index contributed by atoms with van der Waals surface area (Å²) in [5.74, 6) is 0.201. The predicted octanol–water partition coefficient (Wildman–Crippen LogP) is 3.13. The Kier molecular flexibility index (Phi) is 5.66. The van der Waals surface area contributed by atoms with Crippen LogP contribution < -0.4 is 5.32 Å². The summed E-state index contributed by atoms with van der Waals surface area (Å²) in [5, 5.41) is 3.34. The maximum absolute atomic E-state index is 11.9. The fourth-order valence-electron chi connectivity index (χ4n) is 2.21. The molecule has 0 bridgehead atoms. The van der Waals surface area contributed by atoms with Crippen LogP contribution in [0, 0.1) is 6.92 Å². The van der Waals surface area contributed by atoms with Crippen LogP contribution in [0.15, 0.2) is 24.3 Å². The second-order valence-corrected chi connectivity index (χ2v) is 4.65. The summed E-state index contributed by atoms with van der Waals surface area (Å²) >= 11 is 0. The van der Waals surface area contributed by atoms with E-state index in [2.05, 4.69) is 5.32 Å². The predicted molar refractivity (Wildman–Crippen MR) is 73.0 cm³/mol. The number of hydrogen-bond donors (Lipinski definition) is 1. The van der Waals surface area contributed by atoms with Crippen molar-refractivity contribution in [3.63, 3.8) is 0 Å². The number of benzene rings is 1. The van der Waals surface area contributed by atoms with E-state index in [9.17, 15) is 4.79 Å². The molecule has 94 valence electrons. The number of carbonyl (C=O) groups excluding carboxylic acids is 1. The van der Waals surface area contributed by atoms with Gasteiger partial charge in [-0.2, -0.15) is 0 Å². The van der Waals surface area contributed by atoms with E-state index < -0.39 is 0 Å². The largest absolute Gasteiger partial charge is 0.307 e. The van der Waals surface area contributed by atoms with Crippen molar-refractivity contribution in [1.82, 2.24) is 5.32 Å². The molecule has 0 atom stereocenters. The van der Waals surface area contributed by atoms with Crippen molar-refractivity contribution in [2.45, 2.75) is 38.6 Å². The Bertz CT molecular complexity index is 355. The molecule has 1 fully saturated rings. The Morgan fingerprint density at radius 2 is 1.82 bits per heavy atom. The van der Waals surface area contributed by atoms with Crippen molar-refractivity contribution in [1.29, 1.82) is 0 Å². The summed E-state index contributed by atoms with van der Waals surface area (Å²) in [4.78, 5) is 11.9. The molecular weight excluding hydrogens is 234 g/mol. The zero-order valence-corrected chi connectivity index (χ0v) is 11.1. The Labute approximate surface area is 109 Å². The van der Waals surface area contributed by atoms with E-state index in [-0.39, 0.29) is 18.2 Å². The molecule has 2 rings (SSSR count). The molecule has 1 aliphatic rings. The lowest BCUT2D eigenvalue weighted by atomic mass is 10.1. The topological polar surface area (TPSA) is 29.1 Å². The van der Waals surface area contributed by atoms with Crippen LogP contribution in [-0.4, -0.2) is 18.4 Å². The van der Waals surface area contributed by atoms with Gasteiger partial charge < -0.3 is 5.32 Å². The third kappa shape index (κ3) is 4.14. The summed E-state index contributed by atoms with van der Waals surface area (Å²) in [6.07, 6.45) is 5.05. The number of halogens is 1. The van der Waals surface area contributed by atoms with Gasteiger partial charge in [-0.15, -0.1) is 12.4 Å². The molecule has 1 N–H and O–H groups in total. The summed E-state index contributed by atoms with van der Waals surface area (Å²) < 4.78 is 0. The summed E-state index contributed by atoms with van der Waals surface area (Å²) in [6, 6.07) is 8.36. The van der Waals surface area contributed by atoms with Gasteiger partial charge in [0.25, 0.3) is 0 Å². The van der Waals surface area contributed by atoms with Crippen molar-refractivity contribution in [2.24, 2.45) is 0 Å². The van der Waals surface area contributed by atoms with E-state index in [4.69, 9.17) is 0 Å². The quantitative estimate of drug-likeness (QED) is 0.836. The van der Waals surface area contributed by atoms with Gasteiger partial charge in [0.15, 0.2) is 5.78 Å². The van der Waals surface area contributed by atoms with Crippen LogP contribution in [0.3, 0.4) is 0 Å². The first-order chi connectivity index (χ1) is 7.75. The van der Waals surface area contributed by atoms with Crippen molar-refractivity contribution >= 4 is 18.2 Å². The van der Waals surface area contributed by atoms with Gasteiger partial charge in [-0.05, 0) is 19.8 Å². The lowest BCUT2D eigenvalue weighted by molar-refractivity contribution is 0.0987. The normalized spacial score (nSPS) is 15.6. The molecule has 0 aromatic heterocycles. The van der Waals surface area contributed by atoms with E-state index in [1.807, 2.05) is 31.2 Å². The molecule has 0 heterocycles. The molecule has 1 aromatic rings. The first kappa shape index (κ1) is 14.2. The van der Waals surface area contributed by atoms with Crippen LogP contribution in [0.1, 0.15) is 41.6 Å². The van der Waals surface area contributed by atoms with Gasteiger partial charge in [0.1, 0.15) is 0 Å². The van der Waals surface area contributed by atoms with E-state index in [1.165, 1.54) is 31.2 Å². The monoisotopic (exact) mass is 253 g/mol. The molecule has 0 unspecified atom stereocenters. The lowest BCUT2D eigenvalue weighted by Gasteiger charge is -2.10. The number of rotatable bonds is 4. The second-order valence-electron chi connectivity index (χ2n) is 4.65. The molecule has 0 spiro atoms. The SMILES string of the molecule is Cc1ccc(C(=O)CNC2CCCC2)cc1.Cl. The molecule has 17 heavy (non-hydrogen) atoms. The van der Waals surface area contributed by atoms with Gasteiger partial charge in [-0.1, -0.05) is 42.7 Å². The highest BCUT2D eigenvalue weighted by Crippen LogP contribution is 2.17. The molecule has 1 saturated carbocycles. The summed E-state index contributed by atoms with van der Waals surface area (Å²) in [5.41, 5.74) is 2.01. The molecule has 1 aromatic carbocycles. The third-order valence-electron chi connectivity index (χ3n) is 3.28. The fraction of sp³-hybridized carbons (Fsp3) is 0.500. The Morgan fingerprint density at radius 1 is 1.24 bits per heavy atom. The lowest BCUT2D eigenvalue weighted by Crippen LogP contribution is -2.31. The smallest absolute Gasteiger partial charge is 0.176 e. The summed E-state index contributed by atoms with van der Waals surface area (Å²) in [6.45, 7) is 2.51. The average Bonchev–Trinajstić information content (AvgIpc) is 2.80. The minimum atomic E-state index is 0. The second kappa shape index (κ2) is 6.77. The van der Waals surface area contributed by atoms with Crippen LogP contribution >= 0.6 is 12.4 Å². The number of aryl methyl sites for hydroxylation is 1. The van der Waals surface area contributed by atoms with Crippen molar-refractivity contribution < 1.29 is 4.79 Å². The van der Waals surface area contributed by atoms with Crippen molar-refractivity contribution in [3.05, 3.63) is 35.4 Å². The zero-order chi connectivity index (χ0) is 11.4. The highest BCUT2D eigenvalue weighted by atomic mass is 35.5. The Morgan fingerprint density at radius 3 is 2.41 bits per heavy atom. The van der Waals surface area contributed by atoms with Crippen LogP contribution in [0.4, 0.5) is 0 Å². The van der Waals surface area contributed by atoms with Gasteiger partial charge in [0.05, 0.1) is 6.54 Å². The van der Waals surface area contributed by atoms with Crippen LogP contribution in [0.2, 0.25) is 0 Å². The minimum Gasteiger partial charge on any atom is -0.307 e. The van der Waals surface area contributed by atoms with Crippen LogP contribution in [-0.2, 0) is 0 Å². The first-order valence-corrected chi connectivity index (χ1v) is 6.09. The number of carbonyl (C=O) groups is 1. The molecular formula is C14H20ClNO. The molecule has 2 nitrogen and oxygen atoms in total. The summed E-state index contributed by atoms with van der Waals surface area (Å²) in [7, 11) is 0. The first-order valence-electron chi connectivity index (χ1n) is 6.09. The van der Waals surface area contributed by atoms with E-state index in [0.29, 0.717) is 12.6 Å². The maximum atomic E-state index is 11.9. The number of ketones is 1. The van der Waals surface area contributed by atoms with E-state index >= 15 is 0 Å². The van der Waals surface area contributed by atoms with Crippen molar-refractivity contribution in [3.8, 4) is 0 Å². The third-order valence-corrected chi connectivity index (χ3v) is 3.28. The minimum absolute atomic E-state index is 0. The number of Topliss-reactive ketones (excluding diaryl/α,β-unsaturated/α-hetero) is 1. The number of hydrogen-bond acceptors (Lipinski definition) is 2. The van der Waals surface area contributed by atoms with Gasteiger partial charge in [0.2, 0.25) is 0 Å². The molecule has 3 heteroatoms. The van der Waals surface area contributed by atoms with E-state index in [1.54, 1.807) is 0 Å². The van der Waals surface area contributed by atoms with E-state index in [0.717, 1.165) is 5.56 Å². The Hall–Kier alpha value is -0.860. The van der Waals surface area contributed by atoms with Gasteiger partial charge in [-0.25, -0.2) is 0 Å². The average molecular weight is 254 g/mol. The molecule has 0 saturated heterocycles. The number of nitrogens with one attached hydrogen (secondary N) is 1. The molecule has 1 aliphatic carbocycles. The maximum Gasteiger partial charge on any atom is 0.176 e. The van der Waals surface area contributed by atoms with Crippen LogP contribution in [0.25, 0.3) is 0 Å². The molecule has 0 amide bonds. The fourth-order valence-corrected chi connectivity index (χ4v) is 2.21.